The zero-order chi connectivity index (χ0) is 19.9. The Balaban J connectivity index is 1.56. The zero-order valence-corrected chi connectivity index (χ0v) is 16.3. The van der Waals surface area contributed by atoms with Crippen LogP contribution in [-0.4, -0.2) is 12.1 Å². The lowest BCUT2D eigenvalue weighted by molar-refractivity contribution is 0.0999. The van der Waals surface area contributed by atoms with E-state index in [1.807, 2.05) is 91.1 Å². The molecule has 3 nitrogen and oxygen atoms in total. The predicted molar refractivity (Wildman–Crippen MR) is 120 cm³/mol. The standard InChI is InChI=1S/C26H24N2O/c29-26(28(24-12-6-2-7-13-24)25-14-8-3-9-15-25)22-16-18-23(19-17-22)27-20-21-10-4-1-5-11-21/h1-4,6-9,12-21H,5,10-11H2. The van der Waals surface area contributed by atoms with Crippen LogP contribution in [0.4, 0.5) is 17.1 Å². The van der Waals surface area contributed by atoms with Gasteiger partial charge in [0.15, 0.2) is 0 Å². The van der Waals surface area contributed by atoms with Crippen molar-refractivity contribution >= 4 is 29.2 Å². The summed E-state index contributed by atoms with van der Waals surface area (Å²) in [6.45, 7) is 0. The molecule has 29 heavy (non-hydrogen) atoms. The fraction of sp³-hybridized carbons (Fsp3) is 0.154. The molecule has 1 atom stereocenters. The molecule has 3 aromatic rings. The third kappa shape index (κ3) is 4.69. The molecule has 0 radical (unpaired) electrons. The predicted octanol–water partition coefficient (Wildman–Crippen LogP) is 6.72. The van der Waals surface area contributed by atoms with Crippen LogP contribution in [0.5, 0.6) is 0 Å². The largest absolute Gasteiger partial charge is 0.277 e. The SMILES string of the molecule is O=C(c1ccc(N=CC2CC=CCC2)cc1)N(c1ccccc1)c1ccccc1. The Bertz CT molecular complexity index is 952. The van der Waals surface area contributed by atoms with E-state index in [4.69, 9.17) is 0 Å². The van der Waals surface area contributed by atoms with Crippen molar-refractivity contribution in [3.63, 3.8) is 0 Å². The number of carbonyl (C=O) groups excluding carboxylic acids is 1. The van der Waals surface area contributed by atoms with Crippen molar-refractivity contribution in [2.24, 2.45) is 10.9 Å². The molecule has 0 bridgehead atoms. The number of para-hydroxylation sites is 2. The average Bonchev–Trinajstić information content (AvgIpc) is 2.80. The molecule has 1 aliphatic rings. The minimum Gasteiger partial charge on any atom is -0.277 e. The Kier molecular flexibility index (Phi) is 5.96. The Morgan fingerprint density at radius 1 is 0.828 bits per heavy atom. The second-order valence-corrected chi connectivity index (χ2v) is 7.18. The zero-order valence-electron chi connectivity index (χ0n) is 16.3. The summed E-state index contributed by atoms with van der Waals surface area (Å²) in [6, 6.07) is 27.0. The lowest BCUT2D eigenvalue weighted by Gasteiger charge is -2.23. The van der Waals surface area contributed by atoms with Crippen LogP contribution in [0.2, 0.25) is 0 Å². The van der Waals surface area contributed by atoms with Crippen molar-refractivity contribution in [2.45, 2.75) is 19.3 Å². The molecule has 3 heteroatoms. The van der Waals surface area contributed by atoms with Gasteiger partial charge in [-0.25, -0.2) is 0 Å². The first-order chi connectivity index (χ1) is 14.3. The van der Waals surface area contributed by atoms with E-state index in [2.05, 4.69) is 17.1 Å². The van der Waals surface area contributed by atoms with E-state index in [-0.39, 0.29) is 5.91 Å². The van der Waals surface area contributed by atoms with E-state index >= 15 is 0 Å². The second kappa shape index (κ2) is 9.16. The first-order valence-electron chi connectivity index (χ1n) is 10.0. The van der Waals surface area contributed by atoms with E-state index in [0.29, 0.717) is 11.5 Å². The Morgan fingerprint density at radius 3 is 2.00 bits per heavy atom. The number of rotatable bonds is 5. The average molecular weight is 380 g/mol. The monoisotopic (exact) mass is 380 g/mol. The van der Waals surface area contributed by atoms with Gasteiger partial charge in [0.05, 0.1) is 5.69 Å². The Hall–Kier alpha value is -3.46. The number of hydrogen-bond acceptors (Lipinski definition) is 2. The third-order valence-electron chi connectivity index (χ3n) is 5.09. The summed E-state index contributed by atoms with van der Waals surface area (Å²) in [5, 5.41) is 0. The van der Waals surface area contributed by atoms with Crippen LogP contribution in [-0.2, 0) is 0 Å². The summed E-state index contributed by atoms with van der Waals surface area (Å²) >= 11 is 0. The number of benzene rings is 3. The van der Waals surface area contributed by atoms with Gasteiger partial charge in [0, 0.05) is 23.2 Å². The highest BCUT2D eigenvalue weighted by molar-refractivity contribution is 6.11. The van der Waals surface area contributed by atoms with Gasteiger partial charge in [-0.15, -0.1) is 0 Å². The van der Waals surface area contributed by atoms with E-state index in [1.54, 1.807) is 4.90 Å². The van der Waals surface area contributed by atoms with Crippen LogP contribution in [0.25, 0.3) is 0 Å². The highest BCUT2D eigenvalue weighted by Gasteiger charge is 2.19. The maximum absolute atomic E-state index is 13.3. The summed E-state index contributed by atoms with van der Waals surface area (Å²) in [5.74, 6) is 0.448. The molecule has 4 rings (SSSR count). The second-order valence-electron chi connectivity index (χ2n) is 7.18. The minimum atomic E-state index is -0.0599. The number of carbonyl (C=O) groups is 1. The number of hydrogen-bond donors (Lipinski definition) is 0. The third-order valence-corrected chi connectivity index (χ3v) is 5.09. The number of amides is 1. The van der Waals surface area contributed by atoms with Crippen molar-refractivity contribution < 1.29 is 4.79 Å². The topological polar surface area (TPSA) is 32.7 Å². The van der Waals surface area contributed by atoms with Gasteiger partial charge in [0.1, 0.15) is 0 Å². The van der Waals surface area contributed by atoms with Gasteiger partial charge < -0.3 is 0 Å². The molecule has 144 valence electrons. The summed E-state index contributed by atoms with van der Waals surface area (Å²) < 4.78 is 0. The van der Waals surface area contributed by atoms with Crippen LogP contribution >= 0.6 is 0 Å². The fourth-order valence-electron chi connectivity index (χ4n) is 3.50. The quantitative estimate of drug-likeness (QED) is 0.357. The highest BCUT2D eigenvalue weighted by atomic mass is 16.2. The molecule has 1 aliphatic carbocycles. The van der Waals surface area contributed by atoms with Gasteiger partial charge in [-0.1, -0.05) is 48.6 Å². The molecule has 0 spiro atoms. The molecule has 1 amide bonds. The molecular formula is C26H24N2O. The minimum absolute atomic E-state index is 0.0599. The maximum atomic E-state index is 13.3. The molecule has 0 heterocycles. The maximum Gasteiger partial charge on any atom is 0.262 e. The van der Waals surface area contributed by atoms with Gasteiger partial charge in [0.2, 0.25) is 0 Å². The Labute approximate surface area is 172 Å². The molecule has 0 N–H and O–H groups in total. The summed E-state index contributed by atoms with van der Waals surface area (Å²) in [5.41, 5.74) is 3.20. The van der Waals surface area contributed by atoms with Gasteiger partial charge in [0.25, 0.3) is 5.91 Å². The number of aliphatic imine (C=N–C) groups is 1. The van der Waals surface area contributed by atoms with E-state index < -0.39 is 0 Å². The van der Waals surface area contributed by atoms with Gasteiger partial charge in [-0.05, 0) is 73.7 Å². The molecule has 0 aliphatic heterocycles. The smallest absolute Gasteiger partial charge is 0.262 e. The highest BCUT2D eigenvalue weighted by Crippen LogP contribution is 2.28. The first-order valence-corrected chi connectivity index (χ1v) is 10.0. The number of anilines is 2. The lowest BCUT2D eigenvalue weighted by atomic mass is 9.96. The summed E-state index contributed by atoms with van der Waals surface area (Å²) in [4.78, 5) is 19.7. The molecule has 1 unspecified atom stereocenters. The molecule has 0 saturated heterocycles. The summed E-state index contributed by atoms with van der Waals surface area (Å²) in [6.07, 6.45) is 9.84. The molecular weight excluding hydrogens is 356 g/mol. The summed E-state index contributed by atoms with van der Waals surface area (Å²) in [7, 11) is 0. The lowest BCUT2D eigenvalue weighted by Crippen LogP contribution is -2.25. The van der Waals surface area contributed by atoms with Crippen LogP contribution in [0.15, 0.2) is 102 Å². The van der Waals surface area contributed by atoms with Gasteiger partial charge in [-0.2, -0.15) is 0 Å². The molecule has 0 aromatic heterocycles. The van der Waals surface area contributed by atoms with Crippen LogP contribution in [0.3, 0.4) is 0 Å². The van der Waals surface area contributed by atoms with E-state index in [0.717, 1.165) is 36.3 Å². The molecule has 3 aromatic carbocycles. The number of allylic oxidation sites excluding steroid dienone is 2. The van der Waals surface area contributed by atoms with Crippen molar-refractivity contribution in [3.8, 4) is 0 Å². The Morgan fingerprint density at radius 2 is 1.45 bits per heavy atom. The van der Waals surface area contributed by atoms with E-state index in [9.17, 15) is 4.79 Å². The van der Waals surface area contributed by atoms with Crippen molar-refractivity contribution in [1.29, 1.82) is 0 Å². The van der Waals surface area contributed by atoms with Crippen LogP contribution in [0.1, 0.15) is 29.6 Å². The fourth-order valence-corrected chi connectivity index (χ4v) is 3.50. The molecule has 0 fully saturated rings. The first kappa shape index (κ1) is 18.9. The normalized spacial score (nSPS) is 16.1. The number of nitrogens with zero attached hydrogens (tertiary/aromatic N) is 2. The van der Waals surface area contributed by atoms with Crippen molar-refractivity contribution in [3.05, 3.63) is 103 Å². The van der Waals surface area contributed by atoms with Crippen LogP contribution < -0.4 is 4.90 Å². The van der Waals surface area contributed by atoms with Gasteiger partial charge >= 0.3 is 0 Å². The van der Waals surface area contributed by atoms with Crippen molar-refractivity contribution in [1.82, 2.24) is 0 Å². The van der Waals surface area contributed by atoms with Crippen molar-refractivity contribution in [2.75, 3.05) is 4.90 Å². The molecule has 0 saturated carbocycles. The van der Waals surface area contributed by atoms with E-state index in [1.165, 1.54) is 0 Å². The van der Waals surface area contributed by atoms with Crippen LogP contribution in [0, 0.1) is 5.92 Å². The van der Waals surface area contributed by atoms with Gasteiger partial charge in [-0.3, -0.25) is 14.7 Å².